The van der Waals surface area contributed by atoms with Crippen LogP contribution in [0.25, 0.3) is 0 Å². The first kappa shape index (κ1) is 24.4. The minimum absolute atomic E-state index is 0.169. The van der Waals surface area contributed by atoms with Gasteiger partial charge in [-0.25, -0.2) is 0 Å². The van der Waals surface area contributed by atoms with Crippen LogP contribution < -0.4 is 15.2 Å². The molecule has 2 atom stereocenters. The predicted octanol–water partition coefficient (Wildman–Crippen LogP) is 2.71. The summed E-state index contributed by atoms with van der Waals surface area (Å²) in [6.07, 6.45) is 0.573. The fraction of sp³-hybridized carbons (Fsp3) is 0.276. The SMILES string of the molecule is COc1cc2c(cc1OC)CN(C(=O)C(Cc1ccccc1)N1Cc3ccccc3C1=O)C(C(N)=O)C2. The Labute approximate surface area is 215 Å². The third-order valence-electron chi connectivity index (χ3n) is 7.23. The smallest absolute Gasteiger partial charge is 0.255 e. The molecule has 190 valence electrons. The molecule has 2 heterocycles. The largest absolute Gasteiger partial charge is 0.493 e. The molecule has 0 radical (unpaired) electrons. The van der Waals surface area contributed by atoms with Crippen molar-refractivity contribution >= 4 is 17.7 Å². The van der Waals surface area contributed by atoms with Crippen molar-refractivity contribution in [3.8, 4) is 11.5 Å². The van der Waals surface area contributed by atoms with Crippen LogP contribution in [-0.4, -0.2) is 53.8 Å². The molecule has 2 aliphatic heterocycles. The molecule has 3 aromatic carbocycles. The van der Waals surface area contributed by atoms with Gasteiger partial charge in [-0.3, -0.25) is 14.4 Å². The second kappa shape index (κ2) is 9.97. The quantitative estimate of drug-likeness (QED) is 0.539. The van der Waals surface area contributed by atoms with Gasteiger partial charge >= 0.3 is 0 Å². The lowest BCUT2D eigenvalue weighted by molar-refractivity contribution is -0.144. The lowest BCUT2D eigenvalue weighted by Gasteiger charge is -2.39. The van der Waals surface area contributed by atoms with E-state index in [9.17, 15) is 14.4 Å². The Morgan fingerprint density at radius 2 is 1.57 bits per heavy atom. The Bertz CT molecular complexity index is 1360. The fourth-order valence-electron chi connectivity index (χ4n) is 5.29. The van der Waals surface area contributed by atoms with Crippen molar-refractivity contribution in [1.29, 1.82) is 0 Å². The van der Waals surface area contributed by atoms with E-state index in [1.807, 2.05) is 60.7 Å². The molecule has 2 N–H and O–H groups in total. The van der Waals surface area contributed by atoms with E-state index in [1.54, 1.807) is 25.2 Å². The number of hydrogen-bond acceptors (Lipinski definition) is 5. The van der Waals surface area contributed by atoms with Gasteiger partial charge in [-0.2, -0.15) is 0 Å². The first-order chi connectivity index (χ1) is 17.9. The topological polar surface area (TPSA) is 102 Å². The number of carbonyl (C=O) groups excluding carboxylic acids is 3. The minimum atomic E-state index is -0.851. The van der Waals surface area contributed by atoms with E-state index in [2.05, 4.69) is 0 Å². The van der Waals surface area contributed by atoms with E-state index < -0.39 is 18.0 Å². The van der Waals surface area contributed by atoms with Crippen molar-refractivity contribution in [3.05, 3.63) is 94.5 Å². The Morgan fingerprint density at radius 1 is 0.919 bits per heavy atom. The minimum Gasteiger partial charge on any atom is -0.493 e. The maximum atomic E-state index is 14.3. The molecule has 37 heavy (non-hydrogen) atoms. The van der Waals surface area contributed by atoms with Gasteiger partial charge in [0.25, 0.3) is 5.91 Å². The molecule has 0 bridgehead atoms. The van der Waals surface area contributed by atoms with E-state index in [4.69, 9.17) is 15.2 Å². The van der Waals surface area contributed by atoms with Crippen LogP contribution in [-0.2, 0) is 35.5 Å². The summed E-state index contributed by atoms with van der Waals surface area (Å²) in [6.45, 7) is 0.497. The molecular formula is C29H29N3O5. The summed E-state index contributed by atoms with van der Waals surface area (Å²) in [4.78, 5) is 43.4. The summed E-state index contributed by atoms with van der Waals surface area (Å²) in [5.74, 6) is -0.00865. The number of methoxy groups -OCH3 is 2. The first-order valence-electron chi connectivity index (χ1n) is 12.2. The number of amides is 3. The number of rotatable bonds is 7. The number of fused-ring (bicyclic) bond motifs is 2. The monoisotopic (exact) mass is 499 g/mol. The fourth-order valence-corrected chi connectivity index (χ4v) is 5.29. The number of nitrogens with two attached hydrogens (primary N) is 1. The zero-order valence-electron chi connectivity index (χ0n) is 20.8. The Kier molecular flexibility index (Phi) is 6.56. The van der Waals surface area contributed by atoms with Crippen LogP contribution in [0.5, 0.6) is 11.5 Å². The second-order valence-electron chi connectivity index (χ2n) is 9.36. The number of ether oxygens (including phenoxy) is 2. The summed E-state index contributed by atoms with van der Waals surface area (Å²) in [7, 11) is 3.10. The van der Waals surface area contributed by atoms with E-state index >= 15 is 0 Å². The highest BCUT2D eigenvalue weighted by Gasteiger charge is 2.42. The summed E-state index contributed by atoms with van der Waals surface area (Å²) in [6, 6.07) is 19.0. The molecule has 0 saturated heterocycles. The molecule has 0 aliphatic carbocycles. The average molecular weight is 500 g/mol. The van der Waals surface area contributed by atoms with Crippen LogP contribution in [0, 0.1) is 0 Å². The standard InChI is InChI=1S/C29H29N3O5/c1-36-25-14-20-13-23(27(30)33)31(17-21(20)15-26(25)37-2)29(35)24(12-18-8-4-3-5-9-18)32-16-19-10-6-7-11-22(19)28(32)34/h3-11,14-15,23-24H,12-13,16-17H2,1-2H3,(H2,30,33). The number of carbonyl (C=O) groups is 3. The zero-order valence-corrected chi connectivity index (χ0v) is 20.8. The van der Waals surface area contributed by atoms with Crippen molar-refractivity contribution in [2.75, 3.05) is 14.2 Å². The van der Waals surface area contributed by atoms with Crippen LogP contribution in [0.4, 0.5) is 0 Å². The molecular weight excluding hydrogens is 470 g/mol. The number of hydrogen-bond donors (Lipinski definition) is 1. The molecule has 2 unspecified atom stereocenters. The molecule has 0 saturated carbocycles. The second-order valence-corrected chi connectivity index (χ2v) is 9.36. The van der Waals surface area contributed by atoms with Gasteiger partial charge in [0, 0.05) is 31.5 Å². The number of primary amides is 1. The summed E-state index contributed by atoms with van der Waals surface area (Å²) in [5.41, 5.74) is 9.93. The van der Waals surface area contributed by atoms with Crippen LogP contribution in [0.2, 0.25) is 0 Å². The molecule has 0 fully saturated rings. The zero-order chi connectivity index (χ0) is 26.1. The third kappa shape index (κ3) is 4.50. The van der Waals surface area contributed by atoms with E-state index in [1.165, 1.54) is 4.90 Å². The van der Waals surface area contributed by atoms with Crippen molar-refractivity contribution in [2.45, 2.75) is 38.0 Å². The predicted molar refractivity (Wildman–Crippen MR) is 137 cm³/mol. The van der Waals surface area contributed by atoms with Crippen molar-refractivity contribution in [1.82, 2.24) is 9.80 Å². The first-order valence-corrected chi connectivity index (χ1v) is 12.2. The Balaban J connectivity index is 1.52. The van der Waals surface area contributed by atoms with Gasteiger partial charge in [0.05, 0.1) is 14.2 Å². The maximum absolute atomic E-state index is 14.3. The Hall–Kier alpha value is -4.33. The van der Waals surface area contributed by atoms with Gasteiger partial charge in [-0.1, -0.05) is 48.5 Å². The summed E-state index contributed by atoms with van der Waals surface area (Å²) < 4.78 is 10.9. The van der Waals surface area contributed by atoms with Crippen LogP contribution >= 0.6 is 0 Å². The summed E-state index contributed by atoms with van der Waals surface area (Å²) >= 11 is 0. The van der Waals surface area contributed by atoms with Gasteiger partial charge < -0.3 is 25.0 Å². The van der Waals surface area contributed by atoms with Gasteiger partial charge in [0.1, 0.15) is 12.1 Å². The van der Waals surface area contributed by atoms with E-state index in [-0.39, 0.29) is 24.8 Å². The number of nitrogens with zero attached hydrogens (tertiary/aromatic N) is 2. The highest BCUT2D eigenvalue weighted by atomic mass is 16.5. The lowest BCUT2D eigenvalue weighted by Crippen LogP contribution is -2.57. The van der Waals surface area contributed by atoms with Gasteiger partial charge in [0.2, 0.25) is 11.8 Å². The summed E-state index contributed by atoms with van der Waals surface area (Å²) in [5, 5.41) is 0. The van der Waals surface area contributed by atoms with Crippen molar-refractivity contribution in [3.63, 3.8) is 0 Å². The molecule has 8 nitrogen and oxygen atoms in total. The third-order valence-corrected chi connectivity index (χ3v) is 7.23. The number of benzene rings is 3. The normalized spacial score (nSPS) is 17.1. The van der Waals surface area contributed by atoms with Crippen molar-refractivity contribution < 1.29 is 23.9 Å². The van der Waals surface area contributed by atoms with Crippen LogP contribution in [0.3, 0.4) is 0 Å². The van der Waals surface area contributed by atoms with E-state index in [0.29, 0.717) is 30.0 Å². The molecule has 3 amide bonds. The van der Waals surface area contributed by atoms with Gasteiger partial charge in [0.15, 0.2) is 11.5 Å². The molecule has 0 spiro atoms. The highest BCUT2D eigenvalue weighted by Crippen LogP contribution is 2.36. The van der Waals surface area contributed by atoms with E-state index in [0.717, 1.165) is 22.3 Å². The maximum Gasteiger partial charge on any atom is 0.255 e. The molecule has 3 aromatic rings. The molecule has 2 aliphatic rings. The van der Waals surface area contributed by atoms with Crippen LogP contribution in [0.15, 0.2) is 66.7 Å². The lowest BCUT2D eigenvalue weighted by atomic mass is 9.91. The van der Waals surface area contributed by atoms with Crippen molar-refractivity contribution in [2.24, 2.45) is 5.73 Å². The Morgan fingerprint density at radius 3 is 2.22 bits per heavy atom. The highest BCUT2D eigenvalue weighted by molar-refractivity contribution is 6.01. The molecule has 8 heteroatoms. The molecule has 5 rings (SSSR count). The van der Waals surface area contributed by atoms with Gasteiger partial charge in [-0.15, -0.1) is 0 Å². The molecule has 0 aromatic heterocycles. The average Bonchev–Trinajstić information content (AvgIpc) is 3.26. The van der Waals surface area contributed by atoms with Crippen LogP contribution in [0.1, 0.15) is 32.6 Å². The van der Waals surface area contributed by atoms with Gasteiger partial charge in [-0.05, 0) is 40.5 Å².